The third-order valence-electron chi connectivity index (χ3n) is 5.71. The van der Waals surface area contributed by atoms with Crippen molar-refractivity contribution in [3.63, 3.8) is 0 Å². The largest absolute Gasteiger partial charge is 0.369 e. The van der Waals surface area contributed by atoms with Gasteiger partial charge in [-0.1, -0.05) is 25.1 Å². The van der Waals surface area contributed by atoms with Crippen LogP contribution in [0, 0.1) is 5.92 Å². The van der Waals surface area contributed by atoms with Gasteiger partial charge in [0.25, 0.3) is 0 Å². The van der Waals surface area contributed by atoms with Gasteiger partial charge in [0.1, 0.15) is 0 Å². The molecule has 3 rings (SSSR count). The minimum Gasteiger partial charge on any atom is -0.369 e. The maximum Gasteiger partial charge on any atom is 0.224 e. The summed E-state index contributed by atoms with van der Waals surface area (Å²) in [4.78, 5) is 19.5. The monoisotopic (exact) mass is 344 g/mol. The third-order valence-corrected chi connectivity index (χ3v) is 5.71. The van der Waals surface area contributed by atoms with Gasteiger partial charge in [0.15, 0.2) is 0 Å². The van der Waals surface area contributed by atoms with Gasteiger partial charge >= 0.3 is 0 Å². The summed E-state index contributed by atoms with van der Waals surface area (Å²) in [5, 5.41) is 0. The molecule has 0 bridgehead atoms. The van der Waals surface area contributed by atoms with Gasteiger partial charge in [-0.2, -0.15) is 0 Å². The number of likely N-dealkylation sites (tertiary alicyclic amines) is 1. The lowest BCUT2D eigenvalue weighted by molar-refractivity contribution is -0.135. The molecule has 1 aromatic rings. The summed E-state index contributed by atoms with van der Waals surface area (Å²) in [7, 11) is 0. The average Bonchev–Trinajstić information content (AvgIpc) is 2.67. The van der Waals surface area contributed by atoms with Crippen LogP contribution in [0.1, 0.15) is 26.2 Å². The van der Waals surface area contributed by atoms with E-state index in [1.54, 1.807) is 0 Å². The minimum atomic E-state index is 0.242. The van der Waals surface area contributed by atoms with E-state index in [1.807, 2.05) is 4.90 Å². The van der Waals surface area contributed by atoms with Crippen LogP contribution in [-0.4, -0.2) is 67.6 Å². The Kier molecular flexibility index (Phi) is 6.32. The molecule has 1 amide bonds. The Morgan fingerprint density at radius 3 is 2.52 bits per heavy atom. The summed E-state index contributed by atoms with van der Waals surface area (Å²) in [5.74, 6) is 0.969. The van der Waals surface area contributed by atoms with Crippen molar-refractivity contribution in [1.29, 1.82) is 0 Å². The number of piperazine rings is 1. The molecule has 0 aliphatic carbocycles. The van der Waals surface area contributed by atoms with Crippen LogP contribution in [0.4, 0.5) is 5.69 Å². The molecule has 0 saturated carbocycles. The predicted octanol–water partition coefficient (Wildman–Crippen LogP) is 1.78. The molecule has 1 aromatic carbocycles. The molecule has 2 aliphatic heterocycles. The van der Waals surface area contributed by atoms with E-state index in [0.717, 1.165) is 52.1 Å². The average molecular weight is 345 g/mol. The third kappa shape index (κ3) is 4.73. The molecule has 2 aliphatic rings. The molecule has 2 N–H and O–H groups in total. The Balaban J connectivity index is 1.43. The van der Waals surface area contributed by atoms with E-state index in [-0.39, 0.29) is 11.9 Å². The standard InChI is InChI=1S/C20H32N4O/c1-17-7-10-24(19(15-17)16-21)20(25)8-9-22-11-13-23(14-12-22)18-5-3-2-4-6-18/h2-6,17,19H,7-16,21H2,1H3. The molecule has 2 fully saturated rings. The fourth-order valence-electron chi connectivity index (χ4n) is 4.07. The highest BCUT2D eigenvalue weighted by Gasteiger charge is 2.29. The maximum absolute atomic E-state index is 12.6. The summed E-state index contributed by atoms with van der Waals surface area (Å²) in [6.45, 7) is 8.71. The van der Waals surface area contributed by atoms with Gasteiger partial charge in [0.05, 0.1) is 0 Å². The molecular weight excluding hydrogens is 312 g/mol. The number of hydrogen-bond acceptors (Lipinski definition) is 4. The van der Waals surface area contributed by atoms with Crippen molar-refractivity contribution in [3.05, 3.63) is 30.3 Å². The van der Waals surface area contributed by atoms with Crippen LogP contribution in [0.25, 0.3) is 0 Å². The summed E-state index contributed by atoms with van der Waals surface area (Å²) in [5.41, 5.74) is 7.19. The Morgan fingerprint density at radius 1 is 1.12 bits per heavy atom. The maximum atomic E-state index is 12.6. The fourth-order valence-corrected chi connectivity index (χ4v) is 4.07. The van der Waals surface area contributed by atoms with Crippen molar-refractivity contribution >= 4 is 11.6 Å². The van der Waals surface area contributed by atoms with Gasteiger partial charge in [-0.25, -0.2) is 0 Å². The molecule has 2 unspecified atom stereocenters. The minimum absolute atomic E-state index is 0.242. The van der Waals surface area contributed by atoms with Crippen LogP contribution in [0.2, 0.25) is 0 Å². The quantitative estimate of drug-likeness (QED) is 0.885. The van der Waals surface area contributed by atoms with Gasteiger partial charge in [0, 0.05) is 64.0 Å². The zero-order chi connectivity index (χ0) is 17.6. The van der Waals surface area contributed by atoms with Crippen LogP contribution in [0.3, 0.4) is 0 Å². The first-order valence-electron chi connectivity index (χ1n) is 9.69. The number of anilines is 1. The van der Waals surface area contributed by atoms with E-state index in [1.165, 1.54) is 5.69 Å². The van der Waals surface area contributed by atoms with Crippen molar-refractivity contribution in [2.75, 3.05) is 50.7 Å². The lowest BCUT2D eigenvalue weighted by Crippen LogP contribution is -2.51. The number of rotatable bonds is 5. The number of nitrogens with zero attached hydrogens (tertiary/aromatic N) is 3. The lowest BCUT2D eigenvalue weighted by atomic mass is 9.92. The summed E-state index contributed by atoms with van der Waals surface area (Å²) < 4.78 is 0. The topological polar surface area (TPSA) is 52.8 Å². The van der Waals surface area contributed by atoms with Crippen molar-refractivity contribution in [3.8, 4) is 0 Å². The Labute approximate surface area is 151 Å². The molecule has 2 saturated heterocycles. The number of carbonyl (C=O) groups excluding carboxylic acids is 1. The van der Waals surface area contributed by atoms with Crippen LogP contribution >= 0.6 is 0 Å². The van der Waals surface area contributed by atoms with Crippen molar-refractivity contribution in [2.45, 2.75) is 32.2 Å². The second kappa shape index (κ2) is 8.68. The van der Waals surface area contributed by atoms with Crippen LogP contribution in [0.5, 0.6) is 0 Å². The lowest BCUT2D eigenvalue weighted by Gasteiger charge is -2.39. The first-order chi connectivity index (χ1) is 12.2. The van der Waals surface area contributed by atoms with Crippen LogP contribution in [0.15, 0.2) is 30.3 Å². The Morgan fingerprint density at radius 2 is 1.84 bits per heavy atom. The number of benzene rings is 1. The highest BCUT2D eigenvalue weighted by atomic mass is 16.2. The van der Waals surface area contributed by atoms with E-state index >= 15 is 0 Å². The molecule has 138 valence electrons. The van der Waals surface area contributed by atoms with E-state index in [2.05, 4.69) is 47.1 Å². The highest BCUT2D eigenvalue weighted by Crippen LogP contribution is 2.22. The van der Waals surface area contributed by atoms with E-state index in [0.29, 0.717) is 18.9 Å². The molecule has 0 radical (unpaired) electrons. The number of para-hydroxylation sites is 1. The number of amides is 1. The smallest absolute Gasteiger partial charge is 0.224 e. The summed E-state index contributed by atoms with van der Waals surface area (Å²) in [6, 6.07) is 10.8. The molecule has 0 aromatic heterocycles. The SMILES string of the molecule is CC1CCN(C(=O)CCN2CCN(c3ccccc3)CC2)C(CN)C1. The van der Waals surface area contributed by atoms with Crippen molar-refractivity contribution in [1.82, 2.24) is 9.80 Å². The number of nitrogens with two attached hydrogens (primary N) is 1. The van der Waals surface area contributed by atoms with Gasteiger partial charge in [-0.15, -0.1) is 0 Å². The van der Waals surface area contributed by atoms with Gasteiger partial charge in [-0.3, -0.25) is 9.69 Å². The zero-order valence-electron chi connectivity index (χ0n) is 15.4. The van der Waals surface area contributed by atoms with E-state index in [4.69, 9.17) is 5.73 Å². The number of hydrogen-bond donors (Lipinski definition) is 1. The van der Waals surface area contributed by atoms with Crippen molar-refractivity contribution in [2.24, 2.45) is 11.7 Å². The normalized spacial score (nSPS) is 25.2. The summed E-state index contributed by atoms with van der Waals surface area (Å²) >= 11 is 0. The molecule has 5 nitrogen and oxygen atoms in total. The van der Waals surface area contributed by atoms with E-state index in [9.17, 15) is 4.79 Å². The first-order valence-corrected chi connectivity index (χ1v) is 9.69. The molecule has 25 heavy (non-hydrogen) atoms. The van der Waals surface area contributed by atoms with Crippen molar-refractivity contribution < 1.29 is 4.79 Å². The first kappa shape index (κ1) is 18.2. The molecular formula is C20H32N4O. The summed E-state index contributed by atoms with van der Waals surface area (Å²) in [6.07, 6.45) is 2.78. The molecule has 2 atom stereocenters. The van der Waals surface area contributed by atoms with Crippen LogP contribution in [-0.2, 0) is 4.79 Å². The van der Waals surface area contributed by atoms with E-state index < -0.39 is 0 Å². The van der Waals surface area contributed by atoms with Gasteiger partial charge in [0.2, 0.25) is 5.91 Å². The fraction of sp³-hybridized carbons (Fsp3) is 0.650. The number of piperidine rings is 1. The van der Waals surface area contributed by atoms with Gasteiger partial charge in [-0.05, 0) is 30.9 Å². The molecule has 2 heterocycles. The second-order valence-corrected chi connectivity index (χ2v) is 7.52. The zero-order valence-corrected chi connectivity index (χ0v) is 15.4. The number of carbonyl (C=O) groups is 1. The highest BCUT2D eigenvalue weighted by molar-refractivity contribution is 5.76. The second-order valence-electron chi connectivity index (χ2n) is 7.52. The van der Waals surface area contributed by atoms with Gasteiger partial charge < -0.3 is 15.5 Å². The molecule has 5 heteroatoms. The molecule has 0 spiro atoms. The predicted molar refractivity (Wildman–Crippen MR) is 103 cm³/mol. The Hall–Kier alpha value is -1.59. The Bertz CT molecular complexity index is 542. The van der Waals surface area contributed by atoms with Crippen LogP contribution < -0.4 is 10.6 Å².